The Morgan fingerprint density at radius 3 is 1.62 bits per heavy atom. The zero-order chi connectivity index (χ0) is 9.84. The van der Waals surface area contributed by atoms with E-state index >= 15 is 0 Å². The van der Waals surface area contributed by atoms with E-state index in [1.165, 1.54) is 26.2 Å². The van der Waals surface area contributed by atoms with Crippen LogP contribution in [-0.2, 0) is 0 Å². The second kappa shape index (κ2) is 4.94. The minimum atomic E-state index is 0.831. The highest BCUT2D eigenvalue weighted by Crippen LogP contribution is 2.17. The van der Waals surface area contributed by atoms with Crippen LogP contribution in [-0.4, -0.2) is 64.2 Å². The van der Waals surface area contributed by atoms with Crippen molar-refractivity contribution in [1.29, 1.82) is 0 Å². The van der Waals surface area contributed by atoms with Crippen LogP contribution < -0.4 is 5.32 Å². The van der Waals surface area contributed by atoms with Crippen molar-refractivity contribution in [3.8, 4) is 0 Å². The van der Waals surface area contributed by atoms with Gasteiger partial charge in [0.2, 0.25) is 0 Å². The molecule has 0 bridgehead atoms. The number of hydrogen-bond donors (Lipinski definition) is 1. The van der Waals surface area contributed by atoms with E-state index in [0.717, 1.165) is 11.8 Å². The molecule has 0 aromatic rings. The molecular weight excluding hydrogens is 162 g/mol. The molecule has 1 aliphatic heterocycles. The zero-order valence-corrected chi connectivity index (χ0v) is 9.38. The van der Waals surface area contributed by atoms with Crippen molar-refractivity contribution in [2.45, 2.75) is 0 Å². The van der Waals surface area contributed by atoms with Crippen molar-refractivity contribution < 1.29 is 0 Å². The molecule has 3 heteroatoms. The van der Waals surface area contributed by atoms with Gasteiger partial charge in [-0.3, -0.25) is 0 Å². The Kier molecular flexibility index (Phi) is 4.16. The Bertz CT molecular complexity index is 129. The summed E-state index contributed by atoms with van der Waals surface area (Å²) in [5.74, 6) is 1.66. The molecule has 1 aliphatic rings. The van der Waals surface area contributed by atoms with Crippen molar-refractivity contribution in [1.82, 2.24) is 15.1 Å². The Balaban J connectivity index is 2.35. The molecule has 0 unspecified atom stereocenters. The van der Waals surface area contributed by atoms with Gasteiger partial charge in [0.05, 0.1) is 0 Å². The molecule has 1 N–H and O–H groups in total. The highest BCUT2D eigenvalue weighted by Gasteiger charge is 2.27. The van der Waals surface area contributed by atoms with E-state index in [0.29, 0.717) is 0 Å². The molecule has 3 nitrogen and oxygen atoms in total. The average Bonchev–Trinajstić information content (AvgIpc) is 2.34. The van der Waals surface area contributed by atoms with Crippen LogP contribution in [0.5, 0.6) is 0 Å². The molecule has 0 spiro atoms. The summed E-state index contributed by atoms with van der Waals surface area (Å²) >= 11 is 0. The van der Waals surface area contributed by atoms with Gasteiger partial charge in [-0.2, -0.15) is 0 Å². The average molecular weight is 185 g/mol. The maximum absolute atomic E-state index is 3.48. The second-order valence-electron chi connectivity index (χ2n) is 4.70. The fourth-order valence-corrected chi connectivity index (χ4v) is 2.15. The highest BCUT2D eigenvalue weighted by molar-refractivity contribution is 4.83. The van der Waals surface area contributed by atoms with Gasteiger partial charge in [0.1, 0.15) is 0 Å². The number of rotatable bonds is 4. The van der Waals surface area contributed by atoms with E-state index in [9.17, 15) is 0 Å². The SMILES string of the molecule is CN(C)C[C@H]1CNC[C@@H]1CN(C)C. The van der Waals surface area contributed by atoms with Gasteiger partial charge in [-0.25, -0.2) is 0 Å². The lowest BCUT2D eigenvalue weighted by Gasteiger charge is -2.24. The third-order valence-corrected chi connectivity index (χ3v) is 2.68. The van der Waals surface area contributed by atoms with E-state index in [2.05, 4.69) is 43.3 Å². The fourth-order valence-electron chi connectivity index (χ4n) is 2.15. The molecule has 1 fully saturated rings. The van der Waals surface area contributed by atoms with Crippen molar-refractivity contribution in [3.63, 3.8) is 0 Å². The van der Waals surface area contributed by atoms with E-state index in [4.69, 9.17) is 0 Å². The van der Waals surface area contributed by atoms with Gasteiger partial charge < -0.3 is 15.1 Å². The van der Waals surface area contributed by atoms with E-state index in [1.807, 2.05) is 0 Å². The van der Waals surface area contributed by atoms with Crippen LogP contribution in [0.15, 0.2) is 0 Å². The van der Waals surface area contributed by atoms with Crippen molar-refractivity contribution in [2.75, 3.05) is 54.4 Å². The minimum Gasteiger partial charge on any atom is -0.316 e. The van der Waals surface area contributed by atoms with Crippen LogP contribution in [0, 0.1) is 11.8 Å². The summed E-state index contributed by atoms with van der Waals surface area (Å²) in [6, 6.07) is 0. The lowest BCUT2D eigenvalue weighted by atomic mass is 9.95. The summed E-state index contributed by atoms with van der Waals surface area (Å²) in [5.41, 5.74) is 0. The largest absolute Gasteiger partial charge is 0.316 e. The molecule has 1 saturated heterocycles. The predicted molar refractivity (Wildman–Crippen MR) is 57.0 cm³/mol. The molecule has 1 heterocycles. The molecule has 13 heavy (non-hydrogen) atoms. The van der Waals surface area contributed by atoms with Crippen LogP contribution >= 0.6 is 0 Å². The van der Waals surface area contributed by atoms with Gasteiger partial charge in [0.15, 0.2) is 0 Å². The number of hydrogen-bond acceptors (Lipinski definition) is 3. The first-order valence-corrected chi connectivity index (χ1v) is 5.09. The molecule has 0 amide bonds. The zero-order valence-electron chi connectivity index (χ0n) is 9.38. The molecule has 0 aromatic carbocycles. The Morgan fingerprint density at radius 1 is 0.923 bits per heavy atom. The smallest absolute Gasteiger partial charge is 0.00193 e. The molecule has 2 atom stereocenters. The summed E-state index contributed by atoms with van der Waals surface area (Å²) < 4.78 is 0. The van der Waals surface area contributed by atoms with Crippen LogP contribution in [0.25, 0.3) is 0 Å². The first-order chi connectivity index (χ1) is 6.09. The monoisotopic (exact) mass is 185 g/mol. The Hall–Kier alpha value is -0.120. The van der Waals surface area contributed by atoms with Gasteiger partial charge in [0.25, 0.3) is 0 Å². The summed E-state index contributed by atoms with van der Waals surface area (Å²) in [7, 11) is 8.63. The maximum atomic E-state index is 3.48. The van der Waals surface area contributed by atoms with Crippen LogP contribution in [0.1, 0.15) is 0 Å². The molecule has 78 valence electrons. The third-order valence-electron chi connectivity index (χ3n) is 2.68. The standard InChI is InChI=1S/C10H23N3/c1-12(2)7-9-5-11-6-10(9)8-13(3)4/h9-11H,5-8H2,1-4H3/t9-,10-/m1/s1. The van der Waals surface area contributed by atoms with Crippen LogP contribution in [0.3, 0.4) is 0 Å². The summed E-state index contributed by atoms with van der Waals surface area (Å²) in [6.45, 7) is 4.81. The number of nitrogens with zero attached hydrogens (tertiary/aromatic N) is 2. The Morgan fingerprint density at radius 2 is 1.31 bits per heavy atom. The first-order valence-electron chi connectivity index (χ1n) is 5.09. The molecule has 1 rings (SSSR count). The molecular formula is C10H23N3. The normalized spacial score (nSPS) is 29.1. The number of nitrogens with one attached hydrogen (secondary N) is 1. The highest BCUT2D eigenvalue weighted by atomic mass is 15.1. The van der Waals surface area contributed by atoms with Gasteiger partial charge >= 0.3 is 0 Å². The van der Waals surface area contributed by atoms with Crippen LogP contribution in [0.4, 0.5) is 0 Å². The predicted octanol–water partition coefficient (Wildman–Crippen LogP) is -0.0548. The van der Waals surface area contributed by atoms with Crippen LogP contribution in [0.2, 0.25) is 0 Å². The maximum Gasteiger partial charge on any atom is 0.00193 e. The van der Waals surface area contributed by atoms with Crippen molar-refractivity contribution >= 4 is 0 Å². The summed E-state index contributed by atoms with van der Waals surface area (Å²) in [6.07, 6.45) is 0. The van der Waals surface area contributed by atoms with Gasteiger partial charge in [-0.1, -0.05) is 0 Å². The third kappa shape index (κ3) is 3.63. The van der Waals surface area contributed by atoms with E-state index in [-0.39, 0.29) is 0 Å². The lowest BCUT2D eigenvalue weighted by molar-refractivity contribution is 0.243. The fraction of sp³-hybridized carbons (Fsp3) is 1.00. The Labute approximate surface area is 82.1 Å². The first kappa shape index (κ1) is 11.0. The quantitative estimate of drug-likeness (QED) is 0.662. The molecule has 0 saturated carbocycles. The van der Waals surface area contributed by atoms with Crippen molar-refractivity contribution in [3.05, 3.63) is 0 Å². The van der Waals surface area contributed by atoms with Gasteiger partial charge in [0, 0.05) is 13.1 Å². The molecule has 0 radical (unpaired) electrons. The van der Waals surface area contributed by atoms with E-state index < -0.39 is 0 Å². The van der Waals surface area contributed by atoms with Gasteiger partial charge in [-0.15, -0.1) is 0 Å². The topological polar surface area (TPSA) is 18.5 Å². The molecule has 0 aromatic heterocycles. The lowest BCUT2D eigenvalue weighted by Crippen LogP contribution is -2.32. The second-order valence-corrected chi connectivity index (χ2v) is 4.70. The minimum absolute atomic E-state index is 0.831. The van der Waals surface area contributed by atoms with Crippen molar-refractivity contribution in [2.24, 2.45) is 11.8 Å². The molecule has 0 aliphatic carbocycles. The summed E-state index contributed by atoms with van der Waals surface area (Å²) in [5, 5.41) is 3.48. The summed E-state index contributed by atoms with van der Waals surface area (Å²) in [4.78, 5) is 4.58. The van der Waals surface area contributed by atoms with Gasteiger partial charge in [-0.05, 0) is 53.1 Å². The van der Waals surface area contributed by atoms with E-state index in [1.54, 1.807) is 0 Å².